The predicted octanol–water partition coefficient (Wildman–Crippen LogP) is 3.78. The topological polar surface area (TPSA) is 58.4 Å². The fraction of sp³-hybridized carbons (Fsp3) is 0.444. The molecule has 5 nitrogen and oxygen atoms in total. The molecule has 5 heteroatoms. The van der Waals surface area contributed by atoms with Crippen molar-refractivity contribution in [1.82, 2.24) is 10.1 Å². The summed E-state index contributed by atoms with van der Waals surface area (Å²) < 4.78 is 5.08. The van der Waals surface area contributed by atoms with Crippen LogP contribution < -0.4 is 5.32 Å². The number of carbonyl (C=O) groups is 1. The number of aromatic nitrogens is 1. The summed E-state index contributed by atoms with van der Waals surface area (Å²) in [6, 6.07) is 10.5. The molecule has 1 saturated heterocycles. The average Bonchev–Trinajstić information content (AvgIpc) is 2.88. The van der Waals surface area contributed by atoms with Crippen LogP contribution in [-0.2, 0) is 6.42 Å². The number of likely N-dealkylation sites (tertiary alicyclic amines) is 1. The Morgan fingerprint density at radius 3 is 2.57 bits per heavy atom. The minimum atomic E-state index is -0.0578. The molecule has 122 valence electrons. The van der Waals surface area contributed by atoms with Gasteiger partial charge in [-0.1, -0.05) is 35.5 Å². The second kappa shape index (κ2) is 6.86. The van der Waals surface area contributed by atoms with Crippen molar-refractivity contribution in [2.24, 2.45) is 5.92 Å². The van der Waals surface area contributed by atoms with E-state index in [4.69, 9.17) is 4.52 Å². The minimum Gasteiger partial charge on any atom is -0.359 e. The van der Waals surface area contributed by atoms with E-state index in [2.05, 4.69) is 34.7 Å². The number of carbonyl (C=O) groups excluding carboxylic acids is 1. The number of anilines is 1. The number of urea groups is 1. The molecule has 1 aromatic carbocycles. The second-order valence-electron chi connectivity index (χ2n) is 6.25. The molecule has 1 aromatic heterocycles. The van der Waals surface area contributed by atoms with Crippen molar-refractivity contribution in [2.75, 3.05) is 18.4 Å². The van der Waals surface area contributed by atoms with E-state index in [0.29, 0.717) is 17.4 Å². The molecule has 1 aliphatic heterocycles. The number of rotatable bonds is 3. The van der Waals surface area contributed by atoms with Gasteiger partial charge in [0, 0.05) is 13.1 Å². The van der Waals surface area contributed by atoms with Gasteiger partial charge < -0.3 is 14.7 Å². The molecule has 2 aromatic rings. The molecule has 0 spiro atoms. The third-order valence-corrected chi connectivity index (χ3v) is 4.53. The number of hydrogen-bond acceptors (Lipinski definition) is 3. The predicted molar refractivity (Wildman–Crippen MR) is 89.4 cm³/mol. The number of nitrogens with one attached hydrogen (secondary N) is 1. The highest BCUT2D eigenvalue weighted by atomic mass is 16.5. The Bertz CT molecular complexity index is 639. The first-order valence-corrected chi connectivity index (χ1v) is 8.16. The van der Waals surface area contributed by atoms with Gasteiger partial charge in [0.15, 0.2) is 5.76 Å². The number of amides is 2. The molecule has 0 radical (unpaired) electrons. The molecule has 2 heterocycles. The lowest BCUT2D eigenvalue weighted by Crippen LogP contribution is -2.41. The number of benzene rings is 1. The van der Waals surface area contributed by atoms with Crippen LogP contribution in [0, 0.1) is 19.8 Å². The van der Waals surface area contributed by atoms with E-state index in [1.807, 2.05) is 24.8 Å². The van der Waals surface area contributed by atoms with Crippen molar-refractivity contribution >= 4 is 11.7 Å². The van der Waals surface area contributed by atoms with Gasteiger partial charge in [0.25, 0.3) is 0 Å². The third-order valence-electron chi connectivity index (χ3n) is 4.53. The summed E-state index contributed by atoms with van der Waals surface area (Å²) in [5.41, 5.74) is 2.79. The zero-order valence-corrected chi connectivity index (χ0v) is 13.7. The average molecular weight is 313 g/mol. The van der Waals surface area contributed by atoms with E-state index in [0.717, 1.165) is 38.0 Å². The highest BCUT2D eigenvalue weighted by molar-refractivity contribution is 5.90. The Morgan fingerprint density at radius 2 is 1.96 bits per heavy atom. The lowest BCUT2D eigenvalue weighted by Gasteiger charge is -2.32. The zero-order chi connectivity index (χ0) is 16.2. The van der Waals surface area contributed by atoms with Gasteiger partial charge >= 0.3 is 6.03 Å². The molecule has 23 heavy (non-hydrogen) atoms. The smallest absolute Gasteiger partial charge is 0.321 e. The molecule has 1 fully saturated rings. The molecule has 1 aliphatic rings. The maximum atomic E-state index is 12.4. The largest absolute Gasteiger partial charge is 0.359 e. The highest BCUT2D eigenvalue weighted by Gasteiger charge is 2.24. The Morgan fingerprint density at radius 1 is 1.26 bits per heavy atom. The van der Waals surface area contributed by atoms with Gasteiger partial charge in [0.1, 0.15) is 11.4 Å². The van der Waals surface area contributed by atoms with Crippen LogP contribution in [0.2, 0.25) is 0 Å². The minimum absolute atomic E-state index is 0.0578. The summed E-state index contributed by atoms with van der Waals surface area (Å²) in [5, 5.41) is 6.79. The molecule has 3 rings (SSSR count). The van der Waals surface area contributed by atoms with Crippen LogP contribution in [0.25, 0.3) is 0 Å². The lowest BCUT2D eigenvalue weighted by atomic mass is 9.90. The van der Waals surface area contributed by atoms with Gasteiger partial charge in [-0.2, -0.15) is 0 Å². The fourth-order valence-corrected chi connectivity index (χ4v) is 3.14. The van der Waals surface area contributed by atoms with Crippen LogP contribution in [0.5, 0.6) is 0 Å². The number of nitrogens with zero attached hydrogens (tertiary/aromatic N) is 2. The van der Waals surface area contributed by atoms with Gasteiger partial charge in [-0.25, -0.2) is 4.79 Å². The quantitative estimate of drug-likeness (QED) is 0.938. The highest BCUT2D eigenvalue weighted by Crippen LogP contribution is 2.23. The van der Waals surface area contributed by atoms with Crippen LogP contribution in [-0.4, -0.2) is 29.2 Å². The van der Waals surface area contributed by atoms with Gasteiger partial charge in [-0.15, -0.1) is 0 Å². The zero-order valence-electron chi connectivity index (χ0n) is 13.7. The monoisotopic (exact) mass is 313 g/mol. The van der Waals surface area contributed by atoms with Crippen molar-refractivity contribution in [3.63, 3.8) is 0 Å². The summed E-state index contributed by atoms with van der Waals surface area (Å²) in [4.78, 5) is 14.3. The molecule has 0 unspecified atom stereocenters. The fourth-order valence-electron chi connectivity index (χ4n) is 3.14. The van der Waals surface area contributed by atoms with Crippen LogP contribution in [0.3, 0.4) is 0 Å². The van der Waals surface area contributed by atoms with E-state index in [9.17, 15) is 4.79 Å². The third kappa shape index (κ3) is 3.73. The first kappa shape index (κ1) is 15.6. The van der Waals surface area contributed by atoms with E-state index in [1.165, 1.54) is 5.56 Å². The molecule has 0 saturated carbocycles. The second-order valence-corrected chi connectivity index (χ2v) is 6.25. The van der Waals surface area contributed by atoms with Crippen LogP contribution in [0.1, 0.15) is 29.9 Å². The Hall–Kier alpha value is -2.30. The van der Waals surface area contributed by atoms with Gasteiger partial charge in [0.05, 0.1) is 0 Å². The molecular weight excluding hydrogens is 290 g/mol. The van der Waals surface area contributed by atoms with Crippen LogP contribution >= 0.6 is 0 Å². The summed E-state index contributed by atoms with van der Waals surface area (Å²) in [6.07, 6.45) is 3.19. The molecule has 0 atom stereocenters. The molecule has 2 amide bonds. The van der Waals surface area contributed by atoms with Gasteiger partial charge in [-0.3, -0.25) is 0 Å². The Labute approximate surface area is 136 Å². The molecule has 0 aliphatic carbocycles. The van der Waals surface area contributed by atoms with Crippen molar-refractivity contribution in [3.05, 3.63) is 47.3 Å². The van der Waals surface area contributed by atoms with E-state index >= 15 is 0 Å². The maximum absolute atomic E-state index is 12.4. The van der Waals surface area contributed by atoms with E-state index in [1.54, 1.807) is 0 Å². The Kier molecular flexibility index (Phi) is 4.65. The summed E-state index contributed by atoms with van der Waals surface area (Å²) in [7, 11) is 0. The van der Waals surface area contributed by atoms with Crippen LogP contribution in [0.4, 0.5) is 10.5 Å². The first-order chi connectivity index (χ1) is 11.1. The first-order valence-electron chi connectivity index (χ1n) is 8.16. The number of aryl methyl sites for hydroxylation is 2. The number of piperidine rings is 1. The van der Waals surface area contributed by atoms with E-state index in [-0.39, 0.29) is 6.03 Å². The Balaban J connectivity index is 1.51. The maximum Gasteiger partial charge on any atom is 0.321 e. The summed E-state index contributed by atoms with van der Waals surface area (Å²) in [6.45, 7) is 5.24. The number of hydrogen-bond donors (Lipinski definition) is 1. The van der Waals surface area contributed by atoms with Crippen molar-refractivity contribution in [3.8, 4) is 0 Å². The van der Waals surface area contributed by atoms with E-state index < -0.39 is 0 Å². The van der Waals surface area contributed by atoms with Crippen molar-refractivity contribution in [1.29, 1.82) is 0 Å². The van der Waals surface area contributed by atoms with Crippen molar-refractivity contribution in [2.45, 2.75) is 33.1 Å². The normalized spacial score (nSPS) is 15.7. The lowest BCUT2D eigenvalue weighted by molar-refractivity contribution is 0.182. The SMILES string of the molecule is Cc1noc(C)c1NC(=O)N1CCC(Cc2ccccc2)CC1. The summed E-state index contributed by atoms with van der Waals surface area (Å²) >= 11 is 0. The van der Waals surface area contributed by atoms with Gasteiger partial charge in [-0.05, 0) is 44.6 Å². The van der Waals surface area contributed by atoms with Crippen LogP contribution in [0.15, 0.2) is 34.9 Å². The van der Waals surface area contributed by atoms with Gasteiger partial charge in [0.2, 0.25) is 0 Å². The molecule has 1 N–H and O–H groups in total. The molecule has 0 bridgehead atoms. The summed E-state index contributed by atoms with van der Waals surface area (Å²) in [5.74, 6) is 1.30. The molecular formula is C18H23N3O2. The van der Waals surface area contributed by atoms with Crippen molar-refractivity contribution < 1.29 is 9.32 Å². The standard InChI is InChI=1S/C18H23N3O2/c1-13-17(14(2)23-20-13)19-18(22)21-10-8-16(9-11-21)12-15-6-4-3-5-7-15/h3-7,16H,8-12H2,1-2H3,(H,19,22).